The maximum atomic E-state index is 12.3. The number of nitrogens with zero attached hydrogens (tertiary/aromatic N) is 2. The molecule has 0 unspecified atom stereocenters. The van der Waals surface area contributed by atoms with Crippen LogP contribution in [0.1, 0.15) is 16.1 Å². The lowest BCUT2D eigenvalue weighted by atomic mass is 10.1. The SMILES string of the molecule is O=C(c1ccco1)N1CCN(Cc2cc(Cl)c3c(c2)OCCO3)CC1. The van der Waals surface area contributed by atoms with E-state index in [1.165, 1.54) is 6.26 Å². The van der Waals surface area contributed by atoms with Gasteiger partial charge in [-0.25, -0.2) is 0 Å². The summed E-state index contributed by atoms with van der Waals surface area (Å²) in [6.07, 6.45) is 1.52. The second-order valence-corrected chi connectivity index (χ2v) is 6.55. The van der Waals surface area contributed by atoms with Crippen molar-refractivity contribution in [1.82, 2.24) is 9.80 Å². The molecule has 2 aromatic rings. The Morgan fingerprint density at radius 3 is 2.68 bits per heavy atom. The Hall–Kier alpha value is -2.18. The number of carbonyl (C=O) groups excluding carboxylic acids is 1. The molecule has 1 amide bonds. The number of benzene rings is 1. The van der Waals surface area contributed by atoms with E-state index in [1.54, 1.807) is 12.1 Å². The number of piperazine rings is 1. The van der Waals surface area contributed by atoms with Crippen LogP contribution in [0.2, 0.25) is 5.02 Å². The van der Waals surface area contributed by atoms with Crippen LogP contribution in [0.3, 0.4) is 0 Å². The second-order valence-electron chi connectivity index (χ2n) is 6.15. The maximum Gasteiger partial charge on any atom is 0.289 e. The summed E-state index contributed by atoms with van der Waals surface area (Å²) in [6, 6.07) is 7.34. The van der Waals surface area contributed by atoms with Gasteiger partial charge in [0.2, 0.25) is 0 Å². The number of ether oxygens (including phenoxy) is 2. The van der Waals surface area contributed by atoms with Crippen LogP contribution in [-0.4, -0.2) is 55.1 Å². The van der Waals surface area contributed by atoms with Crippen LogP contribution in [0.4, 0.5) is 0 Å². The number of halogens is 1. The molecule has 0 N–H and O–H groups in total. The fourth-order valence-electron chi connectivity index (χ4n) is 3.18. The molecule has 25 heavy (non-hydrogen) atoms. The topological polar surface area (TPSA) is 55.2 Å². The quantitative estimate of drug-likeness (QED) is 0.840. The standard InChI is InChI=1S/C18H19ClN2O4/c19-14-10-13(11-16-17(14)25-9-8-24-16)12-20-3-5-21(6-4-20)18(22)15-2-1-7-23-15/h1-2,7,10-11H,3-6,8-9,12H2. The van der Waals surface area contributed by atoms with Crippen molar-refractivity contribution in [2.45, 2.75) is 6.54 Å². The summed E-state index contributed by atoms with van der Waals surface area (Å²) in [5.41, 5.74) is 1.08. The zero-order valence-electron chi connectivity index (χ0n) is 13.7. The van der Waals surface area contributed by atoms with Crippen LogP contribution in [-0.2, 0) is 6.54 Å². The van der Waals surface area contributed by atoms with Crippen molar-refractivity contribution in [3.8, 4) is 11.5 Å². The third-order valence-electron chi connectivity index (χ3n) is 4.45. The molecule has 6 nitrogen and oxygen atoms in total. The van der Waals surface area contributed by atoms with E-state index in [1.807, 2.05) is 17.0 Å². The molecule has 1 saturated heterocycles. The van der Waals surface area contributed by atoms with Crippen molar-refractivity contribution >= 4 is 17.5 Å². The van der Waals surface area contributed by atoms with E-state index in [0.717, 1.165) is 25.2 Å². The molecule has 0 radical (unpaired) electrons. The Morgan fingerprint density at radius 1 is 1.12 bits per heavy atom. The van der Waals surface area contributed by atoms with Crippen LogP contribution in [0, 0.1) is 0 Å². The minimum absolute atomic E-state index is 0.0491. The number of amides is 1. The first kappa shape index (κ1) is 16.3. The van der Waals surface area contributed by atoms with Crippen molar-refractivity contribution in [3.63, 3.8) is 0 Å². The lowest BCUT2D eigenvalue weighted by Gasteiger charge is -2.34. The van der Waals surface area contributed by atoms with Crippen LogP contribution in [0.15, 0.2) is 34.9 Å². The lowest BCUT2D eigenvalue weighted by Crippen LogP contribution is -2.48. The molecular weight excluding hydrogens is 344 g/mol. The highest BCUT2D eigenvalue weighted by Crippen LogP contribution is 2.38. The zero-order valence-corrected chi connectivity index (χ0v) is 14.5. The van der Waals surface area contributed by atoms with Gasteiger partial charge in [-0.3, -0.25) is 9.69 Å². The molecule has 0 aliphatic carbocycles. The zero-order chi connectivity index (χ0) is 17.2. The summed E-state index contributed by atoms with van der Waals surface area (Å²) in [5.74, 6) is 1.69. The second kappa shape index (κ2) is 6.98. The van der Waals surface area contributed by atoms with E-state index in [0.29, 0.717) is 48.6 Å². The molecular formula is C18H19ClN2O4. The van der Waals surface area contributed by atoms with E-state index in [2.05, 4.69) is 4.90 Å². The number of rotatable bonds is 3. The monoisotopic (exact) mass is 362 g/mol. The normalized spacial score (nSPS) is 17.6. The van der Waals surface area contributed by atoms with Crippen molar-refractivity contribution in [3.05, 3.63) is 46.9 Å². The molecule has 7 heteroatoms. The van der Waals surface area contributed by atoms with Crippen LogP contribution in [0.5, 0.6) is 11.5 Å². The fraction of sp³-hybridized carbons (Fsp3) is 0.389. The van der Waals surface area contributed by atoms with Gasteiger partial charge >= 0.3 is 0 Å². The predicted octanol–water partition coefficient (Wildman–Crippen LogP) is 2.66. The number of hydrogen-bond donors (Lipinski definition) is 0. The van der Waals surface area contributed by atoms with Gasteiger partial charge < -0.3 is 18.8 Å². The van der Waals surface area contributed by atoms with Gasteiger partial charge in [0.05, 0.1) is 11.3 Å². The molecule has 0 spiro atoms. The highest BCUT2D eigenvalue weighted by atomic mass is 35.5. The molecule has 0 atom stereocenters. The van der Waals surface area contributed by atoms with Gasteiger partial charge in [-0.1, -0.05) is 11.6 Å². The van der Waals surface area contributed by atoms with Gasteiger partial charge in [0.25, 0.3) is 5.91 Å². The fourth-order valence-corrected chi connectivity index (χ4v) is 3.47. The first-order valence-electron chi connectivity index (χ1n) is 8.34. The maximum absolute atomic E-state index is 12.3. The Bertz CT molecular complexity index is 755. The summed E-state index contributed by atoms with van der Waals surface area (Å²) in [7, 11) is 0. The molecule has 0 saturated carbocycles. The predicted molar refractivity (Wildman–Crippen MR) is 92.3 cm³/mol. The minimum atomic E-state index is -0.0491. The molecule has 2 aliphatic heterocycles. The molecule has 0 bridgehead atoms. The van der Waals surface area contributed by atoms with Crippen LogP contribution >= 0.6 is 11.6 Å². The van der Waals surface area contributed by atoms with Crippen molar-refractivity contribution in [1.29, 1.82) is 0 Å². The first-order valence-corrected chi connectivity index (χ1v) is 8.71. The van der Waals surface area contributed by atoms with Gasteiger partial charge in [-0.2, -0.15) is 0 Å². The smallest absolute Gasteiger partial charge is 0.289 e. The van der Waals surface area contributed by atoms with Gasteiger partial charge in [0.1, 0.15) is 13.2 Å². The number of carbonyl (C=O) groups is 1. The molecule has 1 aromatic carbocycles. The Kier molecular flexibility index (Phi) is 4.55. The highest BCUT2D eigenvalue weighted by molar-refractivity contribution is 6.32. The summed E-state index contributed by atoms with van der Waals surface area (Å²) >= 11 is 6.30. The van der Waals surface area contributed by atoms with E-state index < -0.39 is 0 Å². The van der Waals surface area contributed by atoms with E-state index >= 15 is 0 Å². The molecule has 132 valence electrons. The third-order valence-corrected chi connectivity index (χ3v) is 4.74. The number of furan rings is 1. The summed E-state index contributed by atoms with van der Waals surface area (Å²) in [5, 5.41) is 0.582. The molecule has 1 aromatic heterocycles. The Balaban J connectivity index is 1.37. The van der Waals surface area contributed by atoms with Gasteiger partial charge in [0, 0.05) is 32.7 Å². The molecule has 4 rings (SSSR count). The van der Waals surface area contributed by atoms with Crippen molar-refractivity contribution in [2.24, 2.45) is 0 Å². The third kappa shape index (κ3) is 3.45. The summed E-state index contributed by atoms with van der Waals surface area (Å²) in [6.45, 7) is 4.80. The van der Waals surface area contributed by atoms with Crippen LogP contribution in [0.25, 0.3) is 0 Å². The van der Waals surface area contributed by atoms with E-state index in [4.69, 9.17) is 25.5 Å². The van der Waals surface area contributed by atoms with Crippen LogP contribution < -0.4 is 9.47 Å². The van der Waals surface area contributed by atoms with E-state index in [9.17, 15) is 4.79 Å². The van der Waals surface area contributed by atoms with Gasteiger partial charge in [0.15, 0.2) is 17.3 Å². The largest absolute Gasteiger partial charge is 0.486 e. The lowest BCUT2D eigenvalue weighted by molar-refractivity contribution is 0.0597. The number of fused-ring (bicyclic) bond motifs is 1. The summed E-state index contributed by atoms with van der Waals surface area (Å²) in [4.78, 5) is 16.4. The average Bonchev–Trinajstić information content (AvgIpc) is 3.16. The minimum Gasteiger partial charge on any atom is -0.486 e. The van der Waals surface area contributed by atoms with Crippen molar-refractivity contribution in [2.75, 3.05) is 39.4 Å². The van der Waals surface area contributed by atoms with Crippen molar-refractivity contribution < 1.29 is 18.7 Å². The molecule has 3 heterocycles. The average molecular weight is 363 g/mol. The molecule has 2 aliphatic rings. The highest BCUT2D eigenvalue weighted by Gasteiger charge is 2.24. The Morgan fingerprint density at radius 2 is 1.92 bits per heavy atom. The van der Waals surface area contributed by atoms with E-state index in [-0.39, 0.29) is 5.91 Å². The van der Waals surface area contributed by atoms with Gasteiger partial charge in [-0.05, 0) is 29.8 Å². The molecule has 1 fully saturated rings. The Labute approximate surface area is 150 Å². The first-order chi connectivity index (χ1) is 12.2. The van der Waals surface area contributed by atoms with Gasteiger partial charge in [-0.15, -0.1) is 0 Å². The summed E-state index contributed by atoms with van der Waals surface area (Å²) < 4.78 is 16.4. The number of hydrogen-bond acceptors (Lipinski definition) is 5.